The number of rotatable bonds is 2. The topological polar surface area (TPSA) is 65.2 Å². The monoisotopic (exact) mass is 252 g/mol. The first-order valence-corrected chi connectivity index (χ1v) is 5.85. The van der Waals surface area contributed by atoms with Gasteiger partial charge in [-0.15, -0.1) is 0 Å². The number of hydrogen-bond donors (Lipinski definition) is 1. The fourth-order valence-corrected chi connectivity index (χ4v) is 2.24. The molecule has 19 heavy (non-hydrogen) atoms. The fourth-order valence-electron chi connectivity index (χ4n) is 2.24. The van der Waals surface area contributed by atoms with Crippen molar-refractivity contribution in [1.29, 1.82) is 0 Å². The predicted molar refractivity (Wildman–Crippen MR) is 72.6 cm³/mol. The number of allylic oxidation sites excluding steroid dienone is 1. The maximum atomic E-state index is 12.4. The number of carbonyl (C=O) groups excluding carboxylic acids is 1. The molecule has 3 rings (SSSR count). The summed E-state index contributed by atoms with van der Waals surface area (Å²) in [6, 6.07) is 8.98. The van der Waals surface area contributed by atoms with Crippen molar-refractivity contribution in [3.05, 3.63) is 59.4 Å². The van der Waals surface area contributed by atoms with Crippen LogP contribution in [-0.2, 0) is 0 Å². The molecule has 0 saturated heterocycles. The number of aromatic nitrogens is 1. The molecule has 0 unspecified atom stereocenters. The molecule has 0 bridgehead atoms. The molecule has 1 aromatic carbocycles. The van der Waals surface area contributed by atoms with Crippen molar-refractivity contribution in [1.82, 2.24) is 4.98 Å². The molecule has 1 aliphatic rings. The van der Waals surface area contributed by atoms with Gasteiger partial charge in [0.1, 0.15) is 5.75 Å². The van der Waals surface area contributed by atoms with Gasteiger partial charge < -0.3 is 10.5 Å². The Kier molecular flexibility index (Phi) is 2.56. The zero-order valence-electron chi connectivity index (χ0n) is 10.4. The Morgan fingerprint density at radius 3 is 2.47 bits per heavy atom. The van der Waals surface area contributed by atoms with E-state index in [1.54, 1.807) is 25.6 Å². The normalized spacial score (nSPS) is 13.6. The van der Waals surface area contributed by atoms with E-state index in [1.165, 1.54) is 0 Å². The van der Waals surface area contributed by atoms with E-state index in [0.29, 0.717) is 22.4 Å². The number of pyridine rings is 1. The van der Waals surface area contributed by atoms with Gasteiger partial charge in [-0.3, -0.25) is 9.78 Å². The summed E-state index contributed by atoms with van der Waals surface area (Å²) in [7, 11) is 1.60. The van der Waals surface area contributed by atoms with Crippen LogP contribution in [0.1, 0.15) is 21.5 Å². The van der Waals surface area contributed by atoms with Gasteiger partial charge in [-0.05, 0) is 23.8 Å². The summed E-state index contributed by atoms with van der Waals surface area (Å²) in [4.78, 5) is 16.4. The third-order valence-corrected chi connectivity index (χ3v) is 3.23. The van der Waals surface area contributed by atoms with E-state index < -0.39 is 0 Å². The van der Waals surface area contributed by atoms with Crippen molar-refractivity contribution in [2.45, 2.75) is 0 Å². The highest BCUT2D eigenvalue weighted by Gasteiger charge is 2.28. The summed E-state index contributed by atoms with van der Waals surface area (Å²) in [5.41, 5.74) is 9.20. The van der Waals surface area contributed by atoms with Crippen LogP contribution < -0.4 is 10.5 Å². The van der Waals surface area contributed by atoms with Gasteiger partial charge in [-0.2, -0.15) is 0 Å². The molecule has 1 aromatic heterocycles. The molecule has 0 atom stereocenters. The van der Waals surface area contributed by atoms with E-state index in [9.17, 15) is 4.79 Å². The Bertz CT molecular complexity index is 688. The van der Waals surface area contributed by atoms with Crippen molar-refractivity contribution in [2.75, 3.05) is 7.11 Å². The molecule has 94 valence electrons. The van der Waals surface area contributed by atoms with Crippen molar-refractivity contribution < 1.29 is 9.53 Å². The van der Waals surface area contributed by atoms with Crippen molar-refractivity contribution >= 4 is 17.1 Å². The lowest BCUT2D eigenvalue weighted by atomic mass is 10.0. The van der Waals surface area contributed by atoms with E-state index in [4.69, 9.17) is 10.5 Å². The van der Waals surface area contributed by atoms with Gasteiger partial charge in [0.25, 0.3) is 0 Å². The van der Waals surface area contributed by atoms with Crippen molar-refractivity contribution in [2.24, 2.45) is 5.73 Å². The second-order valence-corrected chi connectivity index (χ2v) is 4.27. The third-order valence-electron chi connectivity index (χ3n) is 3.23. The van der Waals surface area contributed by atoms with Gasteiger partial charge >= 0.3 is 0 Å². The number of fused-ring (bicyclic) bond motifs is 1. The van der Waals surface area contributed by atoms with Crippen LogP contribution in [0.5, 0.6) is 5.75 Å². The van der Waals surface area contributed by atoms with E-state index in [2.05, 4.69) is 4.98 Å². The number of Topliss-reactive ketones (excluding diaryl/α,β-unsaturated/α-hetero) is 1. The highest BCUT2D eigenvalue weighted by molar-refractivity contribution is 6.39. The Hall–Kier alpha value is -2.62. The van der Waals surface area contributed by atoms with Gasteiger partial charge in [-0.25, -0.2) is 0 Å². The average molecular weight is 252 g/mol. The molecule has 4 heteroatoms. The molecule has 4 nitrogen and oxygen atoms in total. The van der Waals surface area contributed by atoms with Crippen LogP contribution in [0.3, 0.4) is 0 Å². The molecule has 2 aromatic rings. The molecule has 0 fully saturated rings. The zero-order valence-corrected chi connectivity index (χ0v) is 10.4. The first-order chi connectivity index (χ1) is 9.22. The maximum Gasteiger partial charge on any atom is 0.196 e. The maximum absolute atomic E-state index is 12.4. The molecule has 1 aliphatic carbocycles. The number of methoxy groups -OCH3 is 1. The average Bonchev–Trinajstić information content (AvgIpc) is 2.72. The lowest BCUT2D eigenvalue weighted by Crippen LogP contribution is -2.00. The number of ketones is 1. The van der Waals surface area contributed by atoms with Crippen LogP contribution in [0.4, 0.5) is 0 Å². The standard InChI is InChI=1S/C15H12N2O2/c1-19-10-4-2-9(3-5-10)13-14(16)12-8-17-7-6-11(12)15(13)18/h2-8H,16H2,1H3. The smallest absolute Gasteiger partial charge is 0.196 e. The first-order valence-electron chi connectivity index (χ1n) is 5.85. The zero-order chi connectivity index (χ0) is 13.4. The van der Waals surface area contributed by atoms with Gasteiger partial charge in [-0.1, -0.05) is 12.1 Å². The summed E-state index contributed by atoms with van der Waals surface area (Å²) < 4.78 is 5.11. The van der Waals surface area contributed by atoms with Crippen molar-refractivity contribution in [3.63, 3.8) is 0 Å². The quantitative estimate of drug-likeness (QED) is 0.889. The van der Waals surface area contributed by atoms with Crippen LogP contribution in [0.2, 0.25) is 0 Å². The van der Waals surface area contributed by atoms with Gasteiger partial charge in [0.15, 0.2) is 5.78 Å². The predicted octanol–water partition coefficient (Wildman–Crippen LogP) is 2.11. The number of nitrogens with two attached hydrogens (primary N) is 1. The third kappa shape index (κ3) is 1.69. The van der Waals surface area contributed by atoms with Crippen molar-refractivity contribution in [3.8, 4) is 5.75 Å². The summed E-state index contributed by atoms with van der Waals surface area (Å²) in [6.07, 6.45) is 3.22. The largest absolute Gasteiger partial charge is 0.497 e. The molecule has 0 spiro atoms. The summed E-state index contributed by atoms with van der Waals surface area (Å²) in [6.45, 7) is 0. The highest BCUT2D eigenvalue weighted by Crippen LogP contribution is 2.35. The SMILES string of the molecule is COc1ccc(C2=C(N)c3cnccc3C2=O)cc1. The fraction of sp³-hybridized carbons (Fsp3) is 0.0667. The molecule has 0 radical (unpaired) electrons. The van der Waals surface area contributed by atoms with Crippen LogP contribution in [-0.4, -0.2) is 17.9 Å². The minimum absolute atomic E-state index is 0.0555. The Balaban J connectivity index is 2.11. The Morgan fingerprint density at radius 2 is 1.84 bits per heavy atom. The van der Waals surface area contributed by atoms with E-state index in [-0.39, 0.29) is 5.78 Å². The second-order valence-electron chi connectivity index (χ2n) is 4.27. The van der Waals surface area contributed by atoms with E-state index >= 15 is 0 Å². The molecule has 1 heterocycles. The minimum atomic E-state index is -0.0555. The molecule has 0 saturated carbocycles. The molecule has 0 aliphatic heterocycles. The lowest BCUT2D eigenvalue weighted by Gasteiger charge is -2.04. The summed E-state index contributed by atoms with van der Waals surface area (Å²) in [5, 5.41) is 0. The van der Waals surface area contributed by atoms with Crippen LogP contribution >= 0.6 is 0 Å². The number of hydrogen-bond acceptors (Lipinski definition) is 4. The second kappa shape index (κ2) is 4.24. The molecular weight excluding hydrogens is 240 g/mol. The molecule has 0 amide bonds. The van der Waals surface area contributed by atoms with Gasteiger partial charge in [0, 0.05) is 23.5 Å². The van der Waals surface area contributed by atoms with Gasteiger partial charge in [0.2, 0.25) is 0 Å². The highest BCUT2D eigenvalue weighted by atomic mass is 16.5. The lowest BCUT2D eigenvalue weighted by molar-refractivity contribution is 0.105. The van der Waals surface area contributed by atoms with E-state index in [0.717, 1.165) is 11.3 Å². The minimum Gasteiger partial charge on any atom is -0.497 e. The Morgan fingerprint density at radius 1 is 1.11 bits per heavy atom. The first kappa shape index (κ1) is 11.5. The van der Waals surface area contributed by atoms with E-state index in [1.807, 2.05) is 24.3 Å². The molecule has 2 N–H and O–H groups in total. The summed E-state index contributed by atoms with van der Waals surface area (Å²) >= 11 is 0. The number of carbonyl (C=O) groups is 1. The Labute approximate surface area is 110 Å². The number of nitrogens with zero attached hydrogens (tertiary/aromatic N) is 1. The number of benzene rings is 1. The number of ether oxygens (including phenoxy) is 1. The molecular formula is C15H12N2O2. The van der Waals surface area contributed by atoms with Crippen LogP contribution in [0.25, 0.3) is 11.3 Å². The van der Waals surface area contributed by atoms with Crippen LogP contribution in [0, 0.1) is 0 Å². The van der Waals surface area contributed by atoms with Crippen LogP contribution in [0.15, 0.2) is 42.7 Å². The van der Waals surface area contributed by atoms with Gasteiger partial charge in [0.05, 0.1) is 18.4 Å². The summed E-state index contributed by atoms with van der Waals surface area (Å²) in [5.74, 6) is 0.688.